The summed E-state index contributed by atoms with van der Waals surface area (Å²) in [6.45, 7) is 3.07. The van der Waals surface area contributed by atoms with Crippen molar-refractivity contribution in [2.45, 2.75) is 19.4 Å². The molecule has 1 aliphatic rings. The third-order valence-corrected chi connectivity index (χ3v) is 6.27. The first-order chi connectivity index (χ1) is 12.5. The molecule has 9 nitrogen and oxygen atoms in total. The first kappa shape index (κ1) is 18.8. The number of rotatable bonds is 3. The van der Waals surface area contributed by atoms with Crippen LogP contribution in [0.5, 0.6) is 0 Å². The Hall–Kier alpha value is -2.95. The average molecular weight is 395 g/mol. The molecule has 1 amide bonds. The van der Waals surface area contributed by atoms with Gasteiger partial charge < -0.3 is 15.5 Å². The van der Waals surface area contributed by atoms with Crippen molar-refractivity contribution in [2.24, 2.45) is 10.7 Å². The smallest absolute Gasteiger partial charge is 0.293 e. The highest BCUT2D eigenvalue weighted by Gasteiger charge is 2.41. The van der Waals surface area contributed by atoms with E-state index in [4.69, 9.17) is 10.2 Å². The number of nitrogens with one attached hydrogen (secondary N) is 1. The number of nitrogens with zero attached hydrogens (tertiary/aromatic N) is 3. The predicted octanol–water partition coefficient (Wildman–Crippen LogP) is 1.18. The van der Waals surface area contributed by atoms with Crippen LogP contribution >= 0.6 is 0 Å². The molecule has 0 aliphatic carbocycles. The number of carbonyl (C=O) groups is 1. The molecule has 0 fully saturated rings. The molecule has 3 N–H and O–H groups in total. The first-order valence-corrected chi connectivity index (χ1v) is 9.48. The summed E-state index contributed by atoms with van der Waals surface area (Å²) in [6, 6.07) is 3.80. The van der Waals surface area contributed by atoms with Gasteiger partial charge in [-0.05, 0) is 32.0 Å². The summed E-state index contributed by atoms with van der Waals surface area (Å²) in [7, 11) is -2.48. The maximum Gasteiger partial charge on any atom is 0.293 e. The predicted molar refractivity (Wildman–Crippen MR) is 96.1 cm³/mol. The second kappa shape index (κ2) is 6.34. The third-order valence-electron chi connectivity index (χ3n) is 4.32. The van der Waals surface area contributed by atoms with Crippen LogP contribution in [-0.2, 0) is 15.6 Å². The first-order valence-electron chi connectivity index (χ1n) is 7.87. The lowest BCUT2D eigenvalue weighted by Gasteiger charge is -2.34. The van der Waals surface area contributed by atoms with Crippen molar-refractivity contribution in [2.75, 3.05) is 18.1 Å². The van der Waals surface area contributed by atoms with E-state index in [9.17, 15) is 17.6 Å². The Morgan fingerprint density at radius 2 is 2.15 bits per heavy atom. The lowest BCUT2D eigenvalue weighted by molar-refractivity contribution is 0.0996. The van der Waals surface area contributed by atoms with Crippen molar-refractivity contribution >= 4 is 27.6 Å². The summed E-state index contributed by atoms with van der Waals surface area (Å²) in [4.78, 5) is 20.3. The Kier molecular flexibility index (Phi) is 4.42. The van der Waals surface area contributed by atoms with E-state index in [1.807, 2.05) is 0 Å². The van der Waals surface area contributed by atoms with Crippen LogP contribution in [0.25, 0.3) is 0 Å². The van der Waals surface area contributed by atoms with Gasteiger partial charge in [0.15, 0.2) is 6.39 Å². The fraction of sp³-hybridized carbons (Fsp3) is 0.312. The van der Waals surface area contributed by atoms with Crippen molar-refractivity contribution in [3.63, 3.8) is 0 Å². The van der Waals surface area contributed by atoms with Gasteiger partial charge >= 0.3 is 0 Å². The van der Waals surface area contributed by atoms with Crippen molar-refractivity contribution in [3.8, 4) is 0 Å². The largest absolute Gasteiger partial charge is 0.438 e. The third kappa shape index (κ3) is 3.37. The number of aryl methyl sites for hydroxylation is 1. The van der Waals surface area contributed by atoms with Crippen molar-refractivity contribution < 1.29 is 22.0 Å². The number of amides is 1. The van der Waals surface area contributed by atoms with Gasteiger partial charge in [0, 0.05) is 18.3 Å². The second-order valence-corrected chi connectivity index (χ2v) is 8.38. The van der Waals surface area contributed by atoms with Gasteiger partial charge in [-0.15, -0.1) is 0 Å². The molecular formula is C16H18FN5O4S. The molecule has 0 spiro atoms. The molecule has 2 aromatic rings. The van der Waals surface area contributed by atoms with Gasteiger partial charge in [-0.3, -0.25) is 4.79 Å². The molecule has 0 saturated heterocycles. The van der Waals surface area contributed by atoms with E-state index >= 15 is 0 Å². The standard InChI is InChI=1S/C16H18FN5O4S/c1-9-13(26-8-19-9)14(23)20-10-4-5-12(17)11(6-10)16(2)7-27(24,25)22(3)15(18)21-16/h4-6,8H,7H2,1-3H3,(H2,18,21)(H,20,23)/t16-/m0/s1. The number of halogens is 1. The number of hydrogen-bond acceptors (Lipinski definition) is 7. The molecular weight excluding hydrogens is 377 g/mol. The molecule has 0 bridgehead atoms. The van der Waals surface area contributed by atoms with E-state index in [1.54, 1.807) is 6.92 Å². The highest BCUT2D eigenvalue weighted by Crippen LogP contribution is 2.34. The number of anilines is 1. The minimum Gasteiger partial charge on any atom is -0.438 e. The van der Waals surface area contributed by atoms with E-state index < -0.39 is 33.0 Å². The van der Waals surface area contributed by atoms with E-state index in [0.717, 1.165) is 16.8 Å². The zero-order chi connectivity index (χ0) is 20.0. The Morgan fingerprint density at radius 1 is 1.44 bits per heavy atom. The summed E-state index contributed by atoms with van der Waals surface area (Å²) >= 11 is 0. The zero-order valence-electron chi connectivity index (χ0n) is 14.9. The Balaban J connectivity index is 1.99. The SMILES string of the molecule is Cc1ncoc1C(=O)Nc1ccc(F)c([C@]2(C)CS(=O)(=O)N(C)C(N)=N2)c1. The van der Waals surface area contributed by atoms with Crippen LogP contribution in [0.15, 0.2) is 34.0 Å². The summed E-state index contributed by atoms with van der Waals surface area (Å²) in [5.74, 6) is -1.91. The Morgan fingerprint density at radius 3 is 2.74 bits per heavy atom. The van der Waals surface area contributed by atoms with Crippen molar-refractivity contribution in [1.82, 2.24) is 9.29 Å². The lowest BCUT2D eigenvalue weighted by atomic mass is 9.93. The molecule has 1 atom stereocenters. The van der Waals surface area contributed by atoms with Gasteiger partial charge in [-0.2, -0.15) is 0 Å². The van der Waals surface area contributed by atoms with Gasteiger partial charge in [0.1, 0.15) is 11.4 Å². The van der Waals surface area contributed by atoms with Crippen LogP contribution in [-0.4, -0.2) is 42.4 Å². The maximum atomic E-state index is 14.5. The van der Waals surface area contributed by atoms with Crippen LogP contribution in [0.3, 0.4) is 0 Å². The average Bonchev–Trinajstić information content (AvgIpc) is 3.00. The fourth-order valence-corrected chi connectivity index (χ4v) is 4.26. The number of aliphatic imine (C=N–C) groups is 1. The van der Waals surface area contributed by atoms with Gasteiger partial charge in [-0.25, -0.2) is 27.1 Å². The monoisotopic (exact) mass is 395 g/mol. The van der Waals surface area contributed by atoms with Crippen molar-refractivity contribution in [3.05, 3.63) is 47.4 Å². The molecule has 144 valence electrons. The minimum atomic E-state index is -3.76. The number of benzene rings is 1. The quantitative estimate of drug-likeness (QED) is 0.802. The molecule has 1 aromatic carbocycles. The molecule has 1 aliphatic heterocycles. The fourth-order valence-electron chi connectivity index (χ4n) is 2.81. The molecule has 0 unspecified atom stereocenters. The number of sulfonamides is 1. The van der Waals surface area contributed by atoms with Gasteiger partial charge in [0.2, 0.25) is 21.7 Å². The Labute approximate surface area is 155 Å². The number of oxazole rings is 1. The van der Waals surface area contributed by atoms with Crippen molar-refractivity contribution in [1.29, 1.82) is 0 Å². The molecule has 0 radical (unpaired) electrons. The van der Waals surface area contributed by atoms with E-state index in [0.29, 0.717) is 5.69 Å². The lowest BCUT2D eigenvalue weighted by Crippen LogP contribution is -2.50. The molecule has 3 rings (SSSR count). The van der Waals surface area contributed by atoms with E-state index in [2.05, 4.69) is 15.3 Å². The van der Waals surface area contributed by atoms with Gasteiger partial charge in [0.05, 0.1) is 11.4 Å². The number of aromatic nitrogens is 1. The van der Waals surface area contributed by atoms with E-state index in [-0.39, 0.29) is 23.0 Å². The van der Waals surface area contributed by atoms with Crippen LogP contribution in [0.2, 0.25) is 0 Å². The number of nitrogens with two attached hydrogens (primary N) is 1. The summed E-state index contributed by atoms with van der Waals surface area (Å²) in [6.07, 6.45) is 1.14. The second-order valence-electron chi connectivity index (χ2n) is 6.38. The molecule has 0 saturated carbocycles. The van der Waals surface area contributed by atoms with Gasteiger partial charge in [0.25, 0.3) is 5.91 Å². The summed E-state index contributed by atoms with van der Waals surface area (Å²) < 4.78 is 45.0. The number of guanidine groups is 1. The van der Waals surface area contributed by atoms with Gasteiger partial charge in [-0.1, -0.05) is 0 Å². The summed E-state index contributed by atoms with van der Waals surface area (Å²) in [5.41, 5.74) is 4.91. The minimum absolute atomic E-state index is 0.00535. The normalized spacial score (nSPS) is 21.6. The number of hydrogen-bond donors (Lipinski definition) is 2. The molecule has 27 heavy (non-hydrogen) atoms. The zero-order valence-corrected chi connectivity index (χ0v) is 15.7. The molecule has 11 heteroatoms. The Bertz CT molecular complexity index is 1050. The van der Waals surface area contributed by atoms with Crippen LogP contribution < -0.4 is 11.1 Å². The highest BCUT2D eigenvalue weighted by molar-refractivity contribution is 7.89. The topological polar surface area (TPSA) is 131 Å². The molecule has 2 heterocycles. The number of carbonyl (C=O) groups excluding carboxylic acids is 1. The highest BCUT2D eigenvalue weighted by atomic mass is 32.2. The van der Waals surface area contributed by atoms with Crippen LogP contribution in [0.1, 0.15) is 28.7 Å². The molecule has 1 aromatic heterocycles. The van der Waals surface area contributed by atoms with E-state index in [1.165, 1.54) is 26.1 Å². The summed E-state index contributed by atoms with van der Waals surface area (Å²) in [5, 5.41) is 2.57. The maximum absolute atomic E-state index is 14.5. The van der Waals surface area contributed by atoms with Crippen LogP contribution in [0, 0.1) is 12.7 Å². The van der Waals surface area contributed by atoms with Crippen LogP contribution in [0.4, 0.5) is 10.1 Å².